The molecule has 2 aromatic rings. The Morgan fingerprint density at radius 2 is 2.18 bits per heavy atom. The number of aromatic amines is 1. The van der Waals surface area contributed by atoms with Crippen LogP contribution in [0, 0.1) is 6.92 Å². The van der Waals surface area contributed by atoms with Gasteiger partial charge in [-0.05, 0) is 37.5 Å². The maximum atomic E-state index is 12.4. The van der Waals surface area contributed by atoms with Gasteiger partial charge in [-0.25, -0.2) is 4.37 Å². The molecule has 22 heavy (non-hydrogen) atoms. The number of amides is 2. The van der Waals surface area contributed by atoms with Gasteiger partial charge in [0.25, 0.3) is 11.8 Å². The molecule has 0 radical (unpaired) electrons. The highest BCUT2D eigenvalue weighted by atomic mass is 32.1. The molecule has 1 atom stereocenters. The Labute approximate surface area is 132 Å². The molecular formula is C14H17N5O2S. The molecule has 0 spiro atoms. The summed E-state index contributed by atoms with van der Waals surface area (Å²) in [6.07, 6.45) is 1.63. The zero-order chi connectivity index (χ0) is 15.7. The van der Waals surface area contributed by atoms with Crippen molar-refractivity contribution in [3.63, 3.8) is 0 Å². The van der Waals surface area contributed by atoms with E-state index in [2.05, 4.69) is 14.6 Å². The minimum Gasteiger partial charge on any atom is -0.333 e. The maximum Gasteiger partial charge on any atom is 0.274 e. The third kappa shape index (κ3) is 2.74. The van der Waals surface area contributed by atoms with Crippen LogP contribution in [-0.4, -0.2) is 61.9 Å². The molecule has 7 nitrogen and oxygen atoms in total. The molecule has 0 saturated carbocycles. The van der Waals surface area contributed by atoms with Gasteiger partial charge in [-0.2, -0.15) is 5.10 Å². The molecule has 0 aliphatic carbocycles. The third-order valence-electron chi connectivity index (χ3n) is 3.75. The molecule has 1 aliphatic rings. The van der Waals surface area contributed by atoms with E-state index in [4.69, 9.17) is 0 Å². The van der Waals surface area contributed by atoms with E-state index in [9.17, 15) is 9.59 Å². The first-order chi connectivity index (χ1) is 10.6. The summed E-state index contributed by atoms with van der Waals surface area (Å²) in [6.45, 7) is 5.36. The fraction of sp³-hybridized carbons (Fsp3) is 0.429. The molecule has 0 bridgehead atoms. The Balaban J connectivity index is 1.67. The van der Waals surface area contributed by atoms with Crippen LogP contribution in [0.1, 0.15) is 32.8 Å². The van der Waals surface area contributed by atoms with Crippen molar-refractivity contribution in [2.24, 2.45) is 0 Å². The Hall–Kier alpha value is -2.22. The van der Waals surface area contributed by atoms with Crippen LogP contribution < -0.4 is 0 Å². The van der Waals surface area contributed by atoms with Gasteiger partial charge in [0, 0.05) is 37.6 Å². The van der Waals surface area contributed by atoms with Gasteiger partial charge in [0.05, 0.1) is 0 Å². The summed E-state index contributed by atoms with van der Waals surface area (Å²) in [6, 6.07) is 3.43. The van der Waals surface area contributed by atoms with Crippen LogP contribution in [0.4, 0.5) is 0 Å². The molecule has 2 amide bonds. The van der Waals surface area contributed by atoms with Crippen molar-refractivity contribution in [3.8, 4) is 0 Å². The van der Waals surface area contributed by atoms with Gasteiger partial charge in [-0.15, -0.1) is 0 Å². The summed E-state index contributed by atoms with van der Waals surface area (Å²) >= 11 is 1.20. The first-order valence-corrected chi connectivity index (χ1v) is 7.86. The molecule has 1 saturated heterocycles. The van der Waals surface area contributed by atoms with E-state index < -0.39 is 0 Å². The van der Waals surface area contributed by atoms with E-state index in [0.29, 0.717) is 30.2 Å². The van der Waals surface area contributed by atoms with Crippen molar-refractivity contribution < 1.29 is 9.59 Å². The van der Waals surface area contributed by atoms with Crippen LogP contribution >= 0.6 is 11.5 Å². The zero-order valence-electron chi connectivity index (χ0n) is 12.4. The predicted molar refractivity (Wildman–Crippen MR) is 81.8 cm³/mol. The van der Waals surface area contributed by atoms with Gasteiger partial charge in [0.15, 0.2) is 0 Å². The molecule has 1 N–H and O–H groups in total. The number of carbonyl (C=O) groups is 2. The second kappa shape index (κ2) is 5.88. The Bertz CT molecular complexity index is 681. The Morgan fingerprint density at radius 1 is 1.36 bits per heavy atom. The fourth-order valence-corrected chi connectivity index (χ4v) is 3.15. The number of nitrogens with zero attached hydrogens (tertiary/aromatic N) is 4. The fourth-order valence-electron chi connectivity index (χ4n) is 2.60. The molecule has 3 heterocycles. The lowest BCUT2D eigenvalue weighted by atomic mass is 10.1. The summed E-state index contributed by atoms with van der Waals surface area (Å²) in [5, 5.41) is 6.79. The first kappa shape index (κ1) is 14.7. The first-order valence-electron chi connectivity index (χ1n) is 7.09. The minimum absolute atomic E-state index is 0.0160. The number of aromatic nitrogens is 3. The van der Waals surface area contributed by atoms with Gasteiger partial charge in [-0.1, -0.05) is 0 Å². The normalized spacial score (nSPS) is 18.5. The number of piperazine rings is 1. The summed E-state index contributed by atoms with van der Waals surface area (Å²) in [7, 11) is 0. The summed E-state index contributed by atoms with van der Waals surface area (Å²) < 4.78 is 3.97. The lowest BCUT2D eigenvalue weighted by Crippen LogP contribution is -2.55. The van der Waals surface area contributed by atoms with Crippen molar-refractivity contribution in [2.45, 2.75) is 19.9 Å². The lowest BCUT2D eigenvalue weighted by Gasteiger charge is -2.39. The molecule has 8 heteroatoms. The average Bonchev–Trinajstić information content (AvgIpc) is 3.17. The van der Waals surface area contributed by atoms with Crippen LogP contribution in [0.5, 0.6) is 0 Å². The summed E-state index contributed by atoms with van der Waals surface area (Å²) in [5.74, 6) is -0.112. The van der Waals surface area contributed by atoms with Crippen LogP contribution in [0.15, 0.2) is 18.3 Å². The minimum atomic E-state index is -0.0962. The molecule has 3 rings (SSSR count). The van der Waals surface area contributed by atoms with Gasteiger partial charge in [0.2, 0.25) is 0 Å². The van der Waals surface area contributed by atoms with E-state index >= 15 is 0 Å². The molecule has 0 aromatic carbocycles. The Morgan fingerprint density at radius 3 is 2.77 bits per heavy atom. The van der Waals surface area contributed by atoms with Gasteiger partial charge in [-0.3, -0.25) is 14.7 Å². The molecule has 1 aliphatic heterocycles. The number of hydrogen-bond donors (Lipinski definition) is 1. The smallest absolute Gasteiger partial charge is 0.274 e. The molecular weight excluding hydrogens is 302 g/mol. The third-order valence-corrected chi connectivity index (χ3v) is 4.48. The number of carbonyl (C=O) groups excluding carboxylic acids is 2. The number of rotatable bonds is 2. The number of nitrogens with one attached hydrogen (secondary N) is 1. The Kier molecular flexibility index (Phi) is 3.93. The van der Waals surface area contributed by atoms with E-state index in [1.54, 1.807) is 28.1 Å². The van der Waals surface area contributed by atoms with Crippen LogP contribution in [0.25, 0.3) is 0 Å². The lowest BCUT2D eigenvalue weighted by molar-refractivity contribution is 0.0414. The zero-order valence-corrected chi connectivity index (χ0v) is 13.3. The molecule has 116 valence electrons. The number of hydrogen-bond acceptors (Lipinski definition) is 5. The standard InChI is InChI=1S/C14H17N5O2S/c1-9-7-11(17-16-9)13(20)18-5-6-19(10(2)8-18)14(21)12-3-4-15-22-12/h3-4,7,10H,5-6,8H2,1-2H3,(H,16,17)/t10-/m1/s1. The summed E-state index contributed by atoms with van der Waals surface area (Å²) in [4.78, 5) is 29.0. The van der Waals surface area contributed by atoms with Gasteiger partial charge < -0.3 is 9.80 Å². The van der Waals surface area contributed by atoms with Crippen molar-refractivity contribution in [1.82, 2.24) is 24.4 Å². The second-order valence-electron chi connectivity index (χ2n) is 5.41. The van der Waals surface area contributed by atoms with Crippen molar-refractivity contribution in [1.29, 1.82) is 0 Å². The van der Waals surface area contributed by atoms with E-state index in [1.807, 2.05) is 13.8 Å². The predicted octanol–water partition coefficient (Wildman–Crippen LogP) is 1.16. The summed E-state index contributed by atoms with van der Waals surface area (Å²) in [5.41, 5.74) is 1.28. The SMILES string of the molecule is Cc1cc(C(=O)N2CCN(C(=O)c3ccns3)[C@H](C)C2)n[nH]1. The van der Waals surface area contributed by atoms with Crippen molar-refractivity contribution in [2.75, 3.05) is 19.6 Å². The molecule has 1 fully saturated rings. The van der Waals surface area contributed by atoms with Gasteiger partial charge >= 0.3 is 0 Å². The van der Waals surface area contributed by atoms with E-state index in [1.165, 1.54) is 11.5 Å². The average molecular weight is 319 g/mol. The van der Waals surface area contributed by atoms with Crippen LogP contribution in [-0.2, 0) is 0 Å². The van der Waals surface area contributed by atoms with Gasteiger partial charge in [0.1, 0.15) is 10.6 Å². The highest BCUT2D eigenvalue weighted by molar-refractivity contribution is 7.08. The second-order valence-corrected chi connectivity index (χ2v) is 6.24. The number of aryl methyl sites for hydroxylation is 1. The largest absolute Gasteiger partial charge is 0.333 e. The molecule has 2 aromatic heterocycles. The topological polar surface area (TPSA) is 82.2 Å². The van der Waals surface area contributed by atoms with Crippen molar-refractivity contribution >= 4 is 23.3 Å². The van der Waals surface area contributed by atoms with Crippen LogP contribution in [0.3, 0.4) is 0 Å². The van der Waals surface area contributed by atoms with E-state index in [-0.39, 0.29) is 17.9 Å². The van der Waals surface area contributed by atoms with Crippen LogP contribution in [0.2, 0.25) is 0 Å². The molecule has 0 unspecified atom stereocenters. The number of H-pyrrole nitrogens is 1. The highest BCUT2D eigenvalue weighted by Crippen LogP contribution is 2.17. The van der Waals surface area contributed by atoms with E-state index in [0.717, 1.165) is 5.69 Å². The monoisotopic (exact) mass is 319 g/mol. The maximum absolute atomic E-state index is 12.4. The van der Waals surface area contributed by atoms with Crippen molar-refractivity contribution in [3.05, 3.63) is 34.6 Å². The highest BCUT2D eigenvalue weighted by Gasteiger charge is 2.31. The quantitative estimate of drug-likeness (QED) is 0.900.